The quantitative estimate of drug-likeness (QED) is 0.884. The summed E-state index contributed by atoms with van der Waals surface area (Å²) in [6.07, 6.45) is 2.84. The second kappa shape index (κ2) is 6.89. The van der Waals surface area contributed by atoms with Crippen molar-refractivity contribution >= 4 is 22.7 Å². The first-order valence-corrected chi connectivity index (χ1v) is 7.76. The summed E-state index contributed by atoms with van der Waals surface area (Å²) < 4.78 is 11.2. The van der Waals surface area contributed by atoms with Gasteiger partial charge in [-0.2, -0.15) is 0 Å². The number of fused-ring (bicyclic) bond motifs is 1. The number of anilines is 1. The van der Waals surface area contributed by atoms with Crippen molar-refractivity contribution < 1.29 is 13.9 Å². The van der Waals surface area contributed by atoms with Crippen LogP contribution in [0.15, 0.2) is 22.6 Å². The Kier molecular flexibility index (Phi) is 4.70. The van der Waals surface area contributed by atoms with Crippen molar-refractivity contribution in [3.8, 4) is 0 Å². The highest BCUT2D eigenvalue weighted by Crippen LogP contribution is 2.20. The minimum absolute atomic E-state index is 0.0850. The number of ether oxygens (including phenoxy) is 1. The van der Waals surface area contributed by atoms with Gasteiger partial charge in [-0.3, -0.25) is 4.79 Å². The van der Waals surface area contributed by atoms with Gasteiger partial charge in [0.2, 0.25) is 5.91 Å². The Hall–Kier alpha value is -1.92. The van der Waals surface area contributed by atoms with Gasteiger partial charge in [0, 0.05) is 12.1 Å². The monoisotopic (exact) mass is 303 g/mol. The molecule has 0 spiro atoms. The largest absolute Gasteiger partial charge is 0.441 e. The molecule has 0 saturated carbocycles. The number of carbonyl (C=O) groups excluding carboxylic acids is 1. The van der Waals surface area contributed by atoms with Crippen LogP contribution in [0.5, 0.6) is 0 Å². The summed E-state index contributed by atoms with van der Waals surface area (Å²) in [7, 11) is 0. The molecule has 3 rings (SSSR count). The lowest BCUT2D eigenvalue weighted by atomic mass is 10.1. The van der Waals surface area contributed by atoms with Crippen LogP contribution >= 0.6 is 0 Å². The lowest BCUT2D eigenvalue weighted by Gasteiger charge is -2.22. The van der Waals surface area contributed by atoms with Crippen molar-refractivity contribution in [3.05, 3.63) is 24.1 Å². The minimum atomic E-state index is -0.142. The van der Waals surface area contributed by atoms with Crippen LogP contribution in [0.2, 0.25) is 0 Å². The first-order chi connectivity index (χ1) is 10.7. The summed E-state index contributed by atoms with van der Waals surface area (Å²) in [5.74, 6) is 0.560. The Bertz CT molecular complexity index is 647. The van der Waals surface area contributed by atoms with E-state index in [0.29, 0.717) is 11.6 Å². The fourth-order valence-corrected chi connectivity index (χ4v) is 2.56. The second-order valence-corrected chi connectivity index (χ2v) is 5.45. The summed E-state index contributed by atoms with van der Waals surface area (Å²) in [6, 6.07) is 5.46. The summed E-state index contributed by atoms with van der Waals surface area (Å²) in [4.78, 5) is 16.3. The van der Waals surface area contributed by atoms with Crippen molar-refractivity contribution in [2.45, 2.75) is 32.3 Å². The highest BCUT2D eigenvalue weighted by atomic mass is 16.5. The molecule has 0 bridgehead atoms. The van der Waals surface area contributed by atoms with Crippen LogP contribution in [-0.2, 0) is 16.0 Å². The third kappa shape index (κ3) is 3.64. The molecule has 0 radical (unpaired) electrons. The predicted molar refractivity (Wildman–Crippen MR) is 83.9 cm³/mol. The van der Waals surface area contributed by atoms with Gasteiger partial charge in [-0.1, -0.05) is 6.92 Å². The van der Waals surface area contributed by atoms with Crippen LogP contribution in [-0.4, -0.2) is 36.7 Å². The molecule has 2 aromatic rings. The van der Waals surface area contributed by atoms with Crippen LogP contribution in [0.25, 0.3) is 11.1 Å². The molecule has 0 atom stereocenters. The molecule has 118 valence electrons. The Morgan fingerprint density at radius 1 is 1.45 bits per heavy atom. The number of oxazole rings is 1. The van der Waals surface area contributed by atoms with E-state index in [4.69, 9.17) is 9.15 Å². The Labute approximate surface area is 129 Å². The molecule has 6 nitrogen and oxygen atoms in total. The van der Waals surface area contributed by atoms with Gasteiger partial charge in [0.25, 0.3) is 0 Å². The predicted octanol–water partition coefficient (Wildman–Crippen LogP) is 2.10. The topological polar surface area (TPSA) is 76.4 Å². The fraction of sp³-hybridized carbons (Fsp3) is 0.500. The van der Waals surface area contributed by atoms with Crippen molar-refractivity contribution in [1.82, 2.24) is 10.3 Å². The number of hydrogen-bond acceptors (Lipinski definition) is 5. The smallest absolute Gasteiger partial charge is 0.250 e. The van der Waals surface area contributed by atoms with Crippen LogP contribution in [0.1, 0.15) is 25.7 Å². The van der Waals surface area contributed by atoms with Gasteiger partial charge < -0.3 is 19.8 Å². The zero-order valence-corrected chi connectivity index (χ0v) is 12.7. The highest BCUT2D eigenvalue weighted by molar-refractivity contribution is 5.93. The van der Waals surface area contributed by atoms with Gasteiger partial charge in [-0.05, 0) is 44.1 Å². The standard InChI is InChI=1S/C16H21N3O3/c1-2-16-19-13-9-11(3-4-14(13)22-16)18-15(20)10-21-12-5-7-17-8-6-12/h3-4,9,12,17H,2,5-8,10H2,1H3,(H,18,20). The summed E-state index contributed by atoms with van der Waals surface area (Å²) in [5, 5.41) is 6.11. The fourth-order valence-electron chi connectivity index (χ4n) is 2.56. The SMILES string of the molecule is CCc1nc2cc(NC(=O)COC3CCNCC3)ccc2o1. The molecule has 1 fully saturated rings. The number of aromatic nitrogens is 1. The summed E-state index contributed by atoms with van der Waals surface area (Å²) in [5.41, 5.74) is 2.21. The molecule has 22 heavy (non-hydrogen) atoms. The molecule has 1 aliphatic heterocycles. The van der Waals surface area contributed by atoms with Gasteiger partial charge in [0.05, 0.1) is 6.10 Å². The molecular weight excluding hydrogens is 282 g/mol. The van der Waals surface area contributed by atoms with E-state index in [-0.39, 0.29) is 18.6 Å². The molecule has 1 aliphatic rings. The molecule has 1 saturated heterocycles. The molecule has 2 heterocycles. The third-order valence-electron chi connectivity index (χ3n) is 3.75. The first-order valence-electron chi connectivity index (χ1n) is 7.76. The Morgan fingerprint density at radius 3 is 3.05 bits per heavy atom. The van der Waals surface area contributed by atoms with Crippen LogP contribution < -0.4 is 10.6 Å². The van der Waals surface area contributed by atoms with Crippen molar-refractivity contribution in [3.63, 3.8) is 0 Å². The number of amides is 1. The van der Waals surface area contributed by atoms with Gasteiger partial charge in [0.15, 0.2) is 11.5 Å². The maximum Gasteiger partial charge on any atom is 0.250 e. The number of piperidine rings is 1. The van der Waals surface area contributed by atoms with Gasteiger partial charge >= 0.3 is 0 Å². The average Bonchev–Trinajstić information content (AvgIpc) is 2.96. The Balaban J connectivity index is 1.56. The number of carbonyl (C=O) groups is 1. The van der Waals surface area contributed by atoms with Crippen LogP contribution in [0, 0.1) is 0 Å². The highest BCUT2D eigenvalue weighted by Gasteiger charge is 2.15. The Morgan fingerprint density at radius 2 is 2.27 bits per heavy atom. The molecule has 1 amide bonds. The van der Waals surface area contributed by atoms with Crippen molar-refractivity contribution in [2.75, 3.05) is 25.0 Å². The first kappa shape index (κ1) is 15.0. The van der Waals surface area contributed by atoms with E-state index in [9.17, 15) is 4.79 Å². The number of benzene rings is 1. The van der Waals surface area contributed by atoms with E-state index in [1.54, 1.807) is 0 Å². The van der Waals surface area contributed by atoms with Crippen LogP contribution in [0.3, 0.4) is 0 Å². The number of aryl methyl sites for hydroxylation is 1. The van der Waals surface area contributed by atoms with E-state index in [0.717, 1.165) is 43.5 Å². The molecule has 0 aliphatic carbocycles. The number of hydrogen-bond donors (Lipinski definition) is 2. The van der Waals surface area contributed by atoms with Crippen LogP contribution in [0.4, 0.5) is 5.69 Å². The number of nitrogens with one attached hydrogen (secondary N) is 2. The molecule has 1 aromatic heterocycles. The zero-order chi connectivity index (χ0) is 15.4. The van der Waals surface area contributed by atoms with Gasteiger partial charge in [-0.15, -0.1) is 0 Å². The summed E-state index contributed by atoms with van der Waals surface area (Å²) in [6.45, 7) is 3.98. The lowest BCUT2D eigenvalue weighted by molar-refractivity contribution is -0.123. The molecule has 0 unspecified atom stereocenters. The summed E-state index contributed by atoms with van der Waals surface area (Å²) >= 11 is 0. The van der Waals surface area contributed by atoms with E-state index < -0.39 is 0 Å². The molecular formula is C16H21N3O3. The molecule has 2 N–H and O–H groups in total. The lowest BCUT2D eigenvalue weighted by Crippen LogP contribution is -2.34. The van der Waals surface area contributed by atoms with Crippen molar-refractivity contribution in [1.29, 1.82) is 0 Å². The van der Waals surface area contributed by atoms with E-state index in [1.807, 2.05) is 25.1 Å². The van der Waals surface area contributed by atoms with E-state index in [1.165, 1.54) is 0 Å². The van der Waals surface area contributed by atoms with Gasteiger partial charge in [-0.25, -0.2) is 4.98 Å². The number of nitrogens with zero attached hydrogens (tertiary/aromatic N) is 1. The minimum Gasteiger partial charge on any atom is -0.441 e. The van der Waals surface area contributed by atoms with E-state index in [2.05, 4.69) is 15.6 Å². The van der Waals surface area contributed by atoms with Crippen molar-refractivity contribution in [2.24, 2.45) is 0 Å². The molecule has 6 heteroatoms. The van der Waals surface area contributed by atoms with E-state index >= 15 is 0 Å². The normalized spacial score (nSPS) is 16.0. The maximum absolute atomic E-state index is 12.0. The third-order valence-corrected chi connectivity index (χ3v) is 3.75. The maximum atomic E-state index is 12.0. The molecule has 1 aromatic carbocycles. The van der Waals surface area contributed by atoms with Gasteiger partial charge in [0.1, 0.15) is 12.1 Å². The zero-order valence-electron chi connectivity index (χ0n) is 12.7. The number of rotatable bonds is 5. The average molecular weight is 303 g/mol. The second-order valence-electron chi connectivity index (χ2n) is 5.45.